The Hall–Kier alpha value is -3.20. The van der Waals surface area contributed by atoms with E-state index in [-0.39, 0.29) is 24.1 Å². The number of aliphatic hydroxyl groups is 1. The lowest BCUT2D eigenvalue weighted by Crippen LogP contribution is -2.54. The zero-order valence-electron chi connectivity index (χ0n) is 17.5. The predicted molar refractivity (Wildman–Crippen MR) is 113 cm³/mol. The largest absolute Gasteiger partial charge is 0.497 e. The lowest BCUT2D eigenvalue weighted by Gasteiger charge is -2.41. The van der Waals surface area contributed by atoms with Crippen molar-refractivity contribution in [3.8, 4) is 17.1 Å². The maximum Gasteiger partial charge on any atom is 0.293 e. The first kappa shape index (κ1) is 19.7. The molecule has 0 spiro atoms. The fourth-order valence-corrected chi connectivity index (χ4v) is 4.17. The average molecular weight is 423 g/mol. The number of hydrogen-bond donors (Lipinski definition) is 2. The van der Waals surface area contributed by atoms with Crippen LogP contribution in [0.4, 0.5) is 0 Å². The van der Waals surface area contributed by atoms with Gasteiger partial charge in [-0.15, -0.1) is 5.10 Å². The zero-order chi connectivity index (χ0) is 21.8. The molecule has 2 aliphatic carbocycles. The highest BCUT2D eigenvalue weighted by Crippen LogP contribution is 2.39. The van der Waals surface area contributed by atoms with Crippen LogP contribution >= 0.6 is 0 Å². The number of rotatable bonds is 6. The first-order valence-electron chi connectivity index (χ1n) is 10.5. The molecule has 2 saturated carbocycles. The molecule has 162 valence electrons. The Labute approximate surface area is 178 Å². The molecule has 2 heterocycles. The molecule has 2 fully saturated rings. The number of aromatic nitrogens is 4. The van der Waals surface area contributed by atoms with Gasteiger partial charge in [-0.25, -0.2) is 9.20 Å². The molecular weight excluding hydrogens is 398 g/mol. The highest BCUT2D eigenvalue weighted by atomic mass is 16.5. The lowest BCUT2D eigenvalue weighted by atomic mass is 9.77. The number of benzene rings is 1. The molecule has 0 aliphatic heterocycles. The molecule has 2 aliphatic rings. The molecule has 1 aromatic carbocycles. The number of amides is 1. The standard InChI is InChI=1S/C22H25N5O4/c1-22(30)10-15(11-22)23-19(28)12-26-21(29)18-9-17(13-3-4-13)24-27(18)20(25-26)14-5-7-16(31-2)8-6-14/h5-9,13,15,30H,3-4,10-12H2,1-2H3,(H,23,28). The summed E-state index contributed by atoms with van der Waals surface area (Å²) in [7, 11) is 1.60. The normalized spacial score (nSPS) is 22.9. The fourth-order valence-electron chi connectivity index (χ4n) is 4.17. The van der Waals surface area contributed by atoms with Crippen molar-refractivity contribution in [1.29, 1.82) is 0 Å². The minimum atomic E-state index is -0.732. The van der Waals surface area contributed by atoms with Crippen LogP contribution in [0.2, 0.25) is 0 Å². The second kappa shape index (κ2) is 7.19. The molecule has 0 bridgehead atoms. The molecule has 0 unspecified atom stereocenters. The number of carbonyl (C=O) groups excluding carboxylic acids is 1. The van der Waals surface area contributed by atoms with Crippen LogP contribution in [-0.4, -0.2) is 49.2 Å². The summed E-state index contributed by atoms with van der Waals surface area (Å²) in [5.74, 6) is 1.28. The Morgan fingerprint density at radius 3 is 2.58 bits per heavy atom. The summed E-state index contributed by atoms with van der Waals surface area (Å²) < 4.78 is 8.00. The average Bonchev–Trinajstić information content (AvgIpc) is 3.47. The molecule has 31 heavy (non-hydrogen) atoms. The van der Waals surface area contributed by atoms with Gasteiger partial charge in [-0.1, -0.05) is 0 Å². The van der Waals surface area contributed by atoms with Gasteiger partial charge < -0.3 is 15.2 Å². The number of nitrogens with zero attached hydrogens (tertiary/aromatic N) is 4. The Bertz CT molecular complexity index is 1200. The first-order valence-corrected chi connectivity index (χ1v) is 10.5. The van der Waals surface area contributed by atoms with Crippen LogP contribution in [0.5, 0.6) is 5.75 Å². The third-order valence-electron chi connectivity index (χ3n) is 5.97. The van der Waals surface area contributed by atoms with Crippen LogP contribution in [0.25, 0.3) is 16.9 Å². The van der Waals surface area contributed by atoms with Crippen LogP contribution in [0.3, 0.4) is 0 Å². The Morgan fingerprint density at radius 2 is 1.97 bits per heavy atom. The summed E-state index contributed by atoms with van der Waals surface area (Å²) in [6, 6.07) is 9.07. The van der Waals surface area contributed by atoms with Crippen molar-refractivity contribution in [2.75, 3.05) is 7.11 Å². The van der Waals surface area contributed by atoms with E-state index in [0.717, 1.165) is 24.1 Å². The van der Waals surface area contributed by atoms with Crippen molar-refractivity contribution in [1.82, 2.24) is 24.7 Å². The Kier molecular flexibility index (Phi) is 4.58. The smallest absolute Gasteiger partial charge is 0.293 e. The van der Waals surface area contributed by atoms with Crippen LogP contribution in [0.1, 0.15) is 44.2 Å². The summed E-state index contributed by atoms with van der Waals surface area (Å²) in [6.07, 6.45) is 3.14. The Balaban J connectivity index is 1.51. The molecule has 0 atom stereocenters. The summed E-state index contributed by atoms with van der Waals surface area (Å²) in [4.78, 5) is 25.6. The van der Waals surface area contributed by atoms with Crippen molar-refractivity contribution in [3.63, 3.8) is 0 Å². The molecule has 2 N–H and O–H groups in total. The third-order valence-corrected chi connectivity index (χ3v) is 5.97. The number of carbonyl (C=O) groups is 1. The molecule has 0 saturated heterocycles. The van der Waals surface area contributed by atoms with Crippen LogP contribution in [-0.2, 0) is 11.3 Å². The van der Waals surface area contributed by atoms with E-state index in [1.165, 1.54) is 4.68 Å². The highest BCUT2D eigenvalue weighted by Gasteiger charge is 2.39. The number of nitrogens with one attached hydrogen (secondary N) is 1. The number of fused-ring (bicyclic) bond motifs is 1. The molecular formula is C22H25N5O4. The van der Waals surface area contributed by atoms with Gasteiger partial charge in [-0.2, -0.15) is 5.10 Å². The SMILES string of the molecule is COc1ccc(-c2nn(CC(=O)NC3CC(C)(O)C3)c(=O)c3cc(C4CC4)nn23)cc1. The van der Waals surface area contributed by atoms with Crippen molar-refractivity contribution in [2.45, 2.75) is 56.7 Å². The maximum atomic E-state index is 13.1. The summed E-state index contributed by atoms with van der Waals surface area (Å²) in [5, 5.41) is 21.9. The molecule has 9 nitrogen and oxygen atoms in total. The number of methoxy groups -OCH3 is 1. The van der Waals surface area contributed by atoms with Crippen molar-refractivity contribution < 1.29 is 14.6 Å². The van der Waals surface area contributed by atoms with Crippen LogP contribution in [0.15, 0.2) is 35.1 Å². The van der Waals surface area contributed by atoms with Gasteiger partial charge in [-0.3, -0.25) is 9.59 Å². The quantitative estimate of drug-likeness (QED) is 0.621. The molecule has 1 amide bonds. The van der Waals surface area contributed by atoms with Gasteiger partial charge >= 0.3 is 0 Å². The summed E-state index contributed by atoms with van der Waals surface area (Å²) in [6.45, 7) is 1.55. The van der Waals surface area contributed by atoms with E-state index in [0.29, 0.717) is 35.9 Å². The van der Waals surface area contributed by atoms with Gasteiger partial charge in [0.2, 0.25) is 5.91 Å². The number of ether oxygens (including phenoxy) is 1. The molecule has 9 heteroatoms. The second-order valence-corrected chi connectivity index (χ2v) is 8.83. The minimum Gasteiger partial charge on any atom is -0.497 e. The van der Waals surface area contributed by atoms with Gasteiger partial charge in [0, 0.05) is 17.5 Å². The first-order chi connectivity index (χ1) is 14.8. The second-order valence-electron chi connectivity index (χ2n) is 8.83. The van der Waals surface area contributed by atoms with Gasteiger partial charge in [0.05, 0.1) is 18.4 Å². The van der Waals surface area contributed by atoms with E-state index in [2.05, 4.69) is 15.5 Å². The topological polar surface area (TPSA) is 111 Å². The monoisotopic (exact) mass is 423 g/mol. The van der Waals surface area contributed by atoms with Crippen LogP contribution < -0.4 is 15.6 Å². The van der Waals surface area contributed by atoms with E-state index >= 15 is 0 Å². The van der Waals surface area contributed by atoms with Gasteiger partial charge in [0.1, 0.15) is 17.8 Å². The maximum absolute atomic E-state index is 13.1. The molecule has 3 aromatic rings. The van der Waals surface area contributed by atoms with E-state index in [1.807, 2.05) is 30.3 Å². The zero-order valence-corrected chi connectivity index (χ0v) is 17.5. The minimum absolute atomic E-state index is 0.0839. The summed E-state index contributed by atoms with van der Waals surface area (Å²) >= 11 is 0. The van der Waals surface area contributed by atoms with Gasteiger partial charge in [0.25, 0.3) is 5.56 Å². The predicted octanol–water partition coefficient (Wildman–Crippen LogP) is 1.47. The molecule has 5 rings (SSSR count). The third kappa shape index (κ3) is 3.81. The molecule has 2 aromatic heterocycles. The lowest BCUT2D eigenvalue weighted by molar-refractivity contribution is -0.125. The van der Waals surface area contributed by atoms with Crippen LogP contribution in [0, 0.1) is 0 Å². The van der Waals surface area contributed by atoms with Crippen molar-refractivity contribution in [2.24, 2.45) is 0 Å². The van der Waals surface area contributed by atoms with Crippen molar-refractivity contribution >= 4 is 11.4 Å². The van der Waals surface area contributed by atoms with E-state index in [9.17, 15) is 14.7 Å². The fraction of sp³-hybridized carbons (Fsp3) is 0.455. The Morgan fingerprint density at radius 1 is 1.26 bits per heavy atom. The number of hydrogen-bond acceptors (Lipinski definition) is 6. The van der Waals surface area contributed by atoms with E-state index in [1.54, 1.807) is 18.5 Å². The highest BCUT2D eigenvalue weighted by molar-refractivity contribution is 5.76. The van der Waals surface area contributed by atoms with Gasteiger partial charge in [0.15, 0.2) is 5.82 Å². The van der Waals surface area contributed by atoms with Gasteiger partial charge in [-0.05, 0) is 62.9 Å². The molecule has 0 radical (unpaired) electrons. The van der Waals surface area contributed by atoms with E-state index < -0.39 is 5.60 Å². The summed E-state index contributed by atoms with van der Waals surface area (Å²) in [5.41, 5.74) is 0.965. The van der Waals surface area contributed by atoms with E-state index in [4.69, 9.17) is 4.74 Å². The van der Waals surface area contributed by atoms with Crippen molar-refractivity contribution in [3.05, 3.63) is 46.4 Å².